The van der Waals surface area contributed by atoms with Gasteiger partial charge in [0.15, 0.2) is 11.5 Å². The molecule has 4 rings (SSSR count). The van der Waals surface area contributed by atoms with Crippen LogP contribution in [0.4, 0.5) is 4.39 Å². The lowest BCUT2D eigenvalue weighted by molar-refractivity contribution is 0.340. The third-order valence-corrected chi connectivity index (χ3v) is 5.10. The van der Waals surface area contributed by atoms with E-state index in [0.717, 1.165) is 5.56 Å². The molecule has 0 bridgehead atoms. The van der Waals surface area contributed by atoms with Crippen molar-refractivity contribution >= 4 is 23.1 Å². The van der Waals surface area contributed by atoms with E-state index < -0.39 is 0 Å². The largest absolute Gasteiger partial charge is 0.494 e. The Morgan fingerprint density at radius 1 is 0.939 bits per heavy atom. The van der Waals surface area contributed by atoms with E-state index in [4.69, 9.17) is 19.2 Å². The van der Waals surface area contributed by atoms with E-state index in [1.165, 1.54) is 30.9 Å². The third kappa shape index (κ3) is 4.57. The van der Waals surface area contributed by atoms with Crippen molar-refractivity contribution in [2.45, 2.75) is 6.92 Å². The van der Waals surface area contributed by atoms with Crippen LogP contribution in [0.3, 0.4) is 0 Å². The van der Waals surface area contributed by atoms with Gasteiger partial charge < -0.3 is 14.2 Å². The van der Waals surface area contributed by atoms with Gasteiger partial charge in [-0.2, -0.15) is 0 Å². The van der Waals surface area contributed by atoms with Crippen LogP contribution in [0.15, 0.2) is 65.5 Å². The van der Waals surface area contributed by atoms with E-state index in [1.54, 1.807) is 60.7 Å². The third-order valence-electron chi connectivity index (χ3n) is 5.10. The topological polar surface area (TPSA) is 62.6 Å². The number of hydrogen-bond donors (Lipinski definition) is 0. The van der Waals surface area contributed by atoms with E-state index in [9.17, 15) is 9.18 Å². The number of fused-ring (bicyclic) bond motifs is 1. The molecule has 0 saturated carbocycles. The number of aromatic nitrogens is 2. The van der Waals surface area contributed by atoms with Crippen molar-refractivity contribution in [3.63, 3.8) is 0 Å². The Morgan fingerprint density at radius 3 is 2.24 bits per heavy atom. The molecule has 33 heavy (non-hydrogen) atoms. The summed E-state index contributed by atoms with van der Waals surface area (Å²) in [6.07, 6.45) is 3.50. The van der Waals surface area contributed by atoms with Crippen LogP contribution in [0.2, 0.25) is 0 Å². The second-order valence-corrected chi connectivity index (χ2v) is 7.15. The van der Waals surface area contributed by atoms with Crippen molar-refractivity contribution in [2.75, 3.05) is 20.8 Å². The highest BCUT2D eigenvalue weighted by Gasteiger charge is 2.15. The average Bonchev–Trinajstić information content (AvgIpc) is 2.84. The van der Waals surface area contributed by atoms with Crippen LogP contribution in [0.25, 0.3) is 28.7 Å². The van der Waals surface area contributed by atoms with Gasteiger partial charge in [0.1, 0.15) is 17.4 Å². The molecular weight excluding hydrogens is 423 g/mol. The molecule has 0 fully saturated rings. The van der Waals surface area contributed by atoms with Crippen molar-refractivity contribution in [1.29, 1.82) is 0 Å². The maximum absolute atomic E-state index is 13.6. The van der Waals surface area contributed by atoms with Crippen molar-refractivity contribution in [3.8, 4) is 22.9 Å². The Labute approximate surface area is 190 Å². The second-order valence-electron chi connectivity index (χ2n) is 7.15. The first-order chi connectivity index (χ1) is 16.0. The fourth-order valence-corrected chi connectivity index (χ4v) is 3.49. The molecule has 0 unspecified atom stereocenters. The first kappa shape index (κ1) is 22.1. The quantitative estimate of drug-likeness (QED) is 0.395. The molecule has 0 aliphatic rings. The zero-order valence-corrected chi connectivity index (χ0v) is 18.5. The minimum Gasteiger partial charge on any atom is -0.494 e. The van der Waals surface area contributed by atoms with Gasteiger partial charge in [0.2, 0.25) is 0 Å². The molecule has 3 aromatic carbocycles. The predicted octanol–water partition coefficient (Wildman–Crippen LogP) is 5.11. The maximum atomic E-state index is 13.6. The Morgan fingerprint density at radius 2 is 1.61 bits per heavy atom. The second kappa shape index (κ2) is 9.56. The van der Waals surface area contributed by atoms with E-state index in [2.05, 4.69) is 0 Å². The summed E-state index contributed by atoms with van der Waals surface area (Å²) in [5.41, 5.74) is 1.62. The van der Waals surface area contributed by atoms with Crippen molar-refractivity contribution in [3.05, 3.63) is 88.2 Å². The summed E-state index contributed by atoms with van der Waals surface area (Å²) in [4.78, 5) is 18.3. The summed E-state index contributed by atoms with van der Waals surface area (Å²) >= 11 is 0. The van der Waals surface area contributed by atoms with Crippen LogP contribution in [0.1, 0.15) is 18.3 Å². The van der Waals surface area contributed by atoms with E-state index in [0.29, 0.717) is 46.3 Å². The normalized spacial score (nSPS) is 11.2. The van der Waals surface area contributed by atoms with Crippen molar-refractivity contribution in [2.24, 2.45) is 0 Å². The Hall–Kier alpha value is -4.13. The number of benzene rings is 3. The van der Waals surface area contributed by atoms with Crippen LogP contribution < -0.4 is 19.8 Å². The Balaban J connectivity index is 1.93. The molecule has 0 atom stereocenters. The van der Waals surface area contributed by atoms with E-state index in [1.807, 2.05) is 6.92 Å². The van der Waals surface area contributed by atoms with Gasteiger partial charge in [-0.25, -0.2) is 9.37 Å². The summed E-state index contributed by atoms with van der Waals surface area (Å²) < 4.78 is 31.1. The van der Waals surface area contributed by atoms with E-state index >= 15 is 0 Å². The minimum absolute atomic E-state index is 0.260. The van der Waals surface area contributed by atoms with E-state index in [-0.39, 0.29) is 11.4 Å². The van der Waals surface area contributed by atoms with Gasteiger partial charge in [0.05, 0.1) is 37.4 Å². The molecule has 0 saturated heterocycles. The molecule has 0 amide bonds. The van der Waals surface area contributed by atoms with Gasteiger partial charge >= 0.3 is 0 Å². The molecule has 0 N–H and O–H groups in total. The SMILES string of the molecule is CCOc1ccc(-n2c(/C=C/c3ccc(F)cc3)nc3cc(OC)c(OC)cc3c2=O)cc1. The van der Waals surface area contributed by atoms with Crippen LogP contribution in [-0.2, 0) is 0 Å². The van der Waals surface area contributed by atoms with Crippen molar-refractivity contribution < 1.29 is 18.6 Å². The number of ether oxygens (including phenoxy) is 3. The maximum Gasteiger partial charge on any atom is 0.266 e. The van der Waals surface area contributed by atoms with Gasteiger partial charge in [-0.15, -0.1) is 0 Å². The first-order valence-corrected chi connectivity index (χ1v) is 10.4. The lowest BCUT2D eigenvalue weighted by atomic mass is 10.2. The molecule has 1 aromatic heterocycles. The summed E-state index contributed by atoms with van der Waals surface area (Å²) in [5.74, 6) is 1.72. The lowest BCUT2D eigenvalue weighted by Gasteiger charge is -2.14. The van der Waals surface area contributed by atoms with Crippen LogP contribution >= 0.6 is 0 Å². The highest BCUT2D eigenvalue weighted by atomic mass is 19.1. The molecule has 0 radical (unpaired) electrons. The fraction of sp³-hybridized carbons (Fsp3) is 0.154. The summed E-state index contributed by atoms with van der Waals surface area (Å²) in [7, 11) is 3.04. The Kier molecular flexibility index (Phi) is 6.40. The van der Waals surface area contributed by atoms with Gasteiger partial charge in [0.25, 0.3) is 5.56 Å². The first-order valence-electron chi connectivity index (χ1n) is 10.4. The summed E-state index contributed by atoms with van der Waals surface area (Å²) in [6.45, 7) is 2.45. The smallest absolute Gasteiger partial charge is 0.266 e. The summed E-state index contributed by atoms with van der Waals surface area (Å²) in [5, 5.41) is 0.389. The zero-order chi connectivity index (χ0) is 23.4. The molecule has 4 aromatic rings. The monoisotopic (exact) mass is 446 g/mol. The standard InChI is InChI=1S/C26H23FN2O4/c1-4-33-20-12-10-19(11-13-20)29-25(14-7-17-5-8-18(27)9-6-17)28-22-16-24(32-3)23(31-2)15-21(22)26(29)30/h5-16H,4H2,1-3H3/b14-7+. The van der Waals surface area contributed by atoms with Gasteiger partial charge in [-0.3, -0.25) is 9.36 Å². The minimum atomic E-state index is -0.316. The van der Waals surface area contributed by atoms with Gasteiger partial charge in [0, 0.05) is 6.07 Å². The predicted molar refractivity (Wildman–Crippen MR) is 127 cm³/mol. The fourth-order valence-electron chi connectivity index (χ4n) is 3.49. The molecule has 0 aliphatic carbocycles. The molecule has 7 heteroatoms. The molecule has 0 aliphatic heterocycles. The van der Waals surface area contributed by atoms with Gasteiger partial charge in [-0.05, 0) is 61.0 Å². The number of nitrogens with zero attached hydrogens (tertiary/aromatic N) is 2. The molecule has 6 nitrogen and oxygen atoms in total. The summed E-state index contributed by atoms with van der Waals surface area (Å²) in [6, 6.07) is 16.6. The average molecular weight is 446 g/mol. The van der Waals surface area contributed by atoms with Crippen LogP contribution in [-0.4, -0.2) is 30.4 Å². The number of halogens is 1. The zero-order valence-electron chi connectivity index (χ0n) is 18.5. The molecule has 0 spiro atoms. The number of hydrogen-bond acceptors (Lipinski definition) is 5. The number of methoxy groups -OCH3 is 2. The van der Waals surface area contributed by atoms with Gasteiger partial charge in [-0.1, -0.05) is 18.2 Å². The lowest BCUT2D eigenvalue weighted by Crippen LogP contribution is -2.22. The van der Waals surface area contributed by atoms with Crippen LogP contribution in [0, 0.1) is 5.82 Å². The number of rotatable bonds is 7. The van der Waals surface area contributed by atoms with Crippen molar-refractivity contribution in [1.82, 2.24) is 9.55 Å². The van der Waals surface area contributed by atoms with Crippen LogP contribution in [0.5, 0.6) is 17.2 Å². The molecule has 1 heterocycles. The highest BCUT2D eigenvalue weighted by molar-refractivity contribution is 5.83. The molecule has 168 valence electrons. The Bertz CT molecular complexity index is 1360. The highest BCUT2D eigenvalue weighted by Crippen LogP contribution is 2.30. The molecular formula is C26H23FN2O4.